The third kappa shape index (κ3) is 3.51. The Kier molecular flexibility index (Phi) is 4.42. The summed E-state index contributed by atoms with van der Waals surface area (Å²) in [5, 5.41) is 14.1. The fourth-order valence-corrected chi connectivity index (χ4v) is 2.21. The minimum absolute atomic E-state index is 0.133. The largest absolute Gasteiger partial charge is 0.496 e. The number of nitro groups is 1. The van der Waals surface area contributed by atoms with Crippen LogP contribution in [-0.4, -0.2) is 12.0 Å². The van der Waals surface area contributed by atoms with Crippen molar-refractivity contribution in [2.24, 2.45) is 0 Å². The summed E-state index contributed by atoms with van der Waals surface area (Å²) in [7, 11) is 1.64. The molecule has 2 aromatic carbocycles. The number of hydrogen-bond donors (Lipinski definition) is 1. The van der Waals surface area contributed by atoms with Crippen molar-refractivity contribution in [3.05, 3.63) is 63.2 Å². The van der Waals surface area contributed by atoms with Crippen LogP contribution in [0, 0.1) is 24.0 Å². The van der Waals surface area contributed by atoms with E-state index in [-0.39, 0.29) is 10.6 Å². The molecular formula is C16H18N2O3. The zero-order valence-corrected chi connectivity index (χ0v) is 12.3. The molecule has 0 atom stereocenters. The number of nitrogens with zero attached hydrogens (tertiary/aromatic N) is 1. The van der Waals surface area contributed by atoms with Gasteiger partial charge in [0.15, 0.2) is 0 Å². The zero-order valence-electron chi connectivity index (χ0n) is 12.3. The van der Waals surface area contributed by atoms with Gasteiger partial charge in [0.05, 0.1) is 12.0 Å². The second-order valence-corrected chi connectivity index (χ2v) is 4.93. The van der Waals surface area contributed by atoms with Gasteiger partial charge in [-0.3, -0.25) is 10.1 Å². The first-order valence-electron chi connectivity index (χ1n) is 6.63. The Labute approximate surface area is 123 Å². The number of rotatable bonds is 5. The molecule has 21 heavy (non-hydrogen) atoms. The molecule has 5 heteroatoms. The van der Waals surface area contributed by atoms with E-state index in [1.807, 2.05) is 19.1 Å². The first kappa shape index (κ1) is 14.8. The van der Waals surface area contributed by atoms with Crippen LogP contribution in [0.25, 0.3) is 0 Å². The van der Waals surface area contributed by atoms with Gasteiger partial charge < -0.3 is 10.1 Å². The van der Waals surface area contributed by atoms with Crippen molar-refractivity contribution >= 4 is 11.4 Å². The van der Waals surface area contributed by atoms with Gasteiger partial charge in [0.2, 0.25) is 0 Å². The first-order valence-corrected chi connectivity index (χ1v) is 6.63. The van der Waals surface area contributed by atoms with E-state index in [9.17, 15) is 10.1 Å². The topological polar surface area (TPSA) is 64.4 Å². The maximum atomic E-state index is 10.8. The number of anilines is 1. The van der Waals surface area contributed by atoms with Gasteiger partial charge in [-0.2, -0.15) is 0 Å². The van der Waals surface area contributed by atoms with Gasteiger partial charge in [-0.15, -0.1) is 0 Å². The van der Waals surface area contributed by atoms with Crippen molar-refractivity contribution in [2.75, 3.05) is 12.4 Å². The monoisotopic (exact) mass is 286 g/mol. The number of nitro benzene ring substituents is 1. The lowest BCUT2D eigenvalue weighted by Gasteiger charge is -2.12. The quantitative estimate of drug-likeness (QED) is 0.670. The molecule has 0 heterocycles. The molecule has 0 bridgehead atoms. The van der Waals surface area contributed by atoms with E-state index in [1.54, 1.807) is 26.2 Å². The highest BCUT2D eigenvalue weighted by Crippen LogP contribution is 2.24. The summed E-state index contributed by atoms with van der Waals surface area (Å²) in [6.07, 6.45) is 0. The fourth-order valence-electron chi connectivity index (χ4n) is 2.21. The molecule has 0 amide bonds. The van der Waals surface area contributed by atoms with Gasteiger partial charge in [0, 0.05) is 29.4 Å². The molecule has 0 aliphatic carbocycles. The molecule has 2 rings (SSSR count). The molecule has 0 aliphatic rings. The molecule has 5 nitrogen and oxygen atoms in total. The van der Waals surface area contributed by atoms with Crippen molar-refractivity contribution in [1.82, 2.24) is 0 Å². The van der Waals surface area contributed by atoms with Crippen LogP contribution in [0.3, 0.4) is 0 Å². The van der Waals surface area contributed by atoms with E-state index >= 15 is 0 Å². The number of ether oxygens (including phenoxy) is 1. The number of methoxy groups -OCH3 is 1. The second kappa shape index (κ2) is 6.26. The van der Waals surface area contributed by atoms with E-state index in [0.717, 1.165) is 22.6 Å². The van der Waals surface area contributed by atoms with E-state index in [1.165, 1.54) is 6.07 Å². The van der Waals surface area contributed by atoms with E-state index in [4.69, 9.17) is 4.74 Å². The highest BCUT2D eigenvalue weighted by atomic mass is 16.6. The molecule has 0 saturated heterocycles. The third-order valence-corrected chi connectivity index (χ3v) is 3.31. The summed E-state index contributed by atoms with van der Waals surface area (Å²) in [5.74, 6) is 0.826. The van der Waals surface area contributed by atoms with Crippen LogP contribution in [0.15, 0.2) is 36.4 Å². The van der Waals surface area contributed by atoms with Gasteiger partial charge in [-0.1, -0.05) is 17.7 Å². The molecule has 0 aliphatic heterocycles. The summed E-state index contributed by atoms with van der Waals surface area (Å²) in [6.45, 7) is 4.36. The molecule has 0 fully saturated rings. The summed E-state index contributed by atoms with van der Waals surface area (Å²) in [5.41, 5.74) is 3.83. The fraction of sp³-hybridized carbons (Fsp3) is 0.250. The molecule has 0 saturated carbocycles. The lowest BCUT2D eigenvalue weighted by atomic mass is 10.1. The van der Waals surface area contributed by atoms with E-state index in [0.29, 0.717) is 12.1 Å². The number of benzene rings is 2. The standard InChI is InChI=1S/C16H18N2O3/c1-11-4-7-16(21-3)13(8-11)10-17-14-5-6-15(18(19)20)12(2)9-14/h4-9,17H,10H2,1-3H3. The highest BCUT2D eigenvalue weighted by Gasteiger charge is 2.10. The highest BCUT2D eigenvalue weighted by molar-refractivity contribution is 5.54. The Morgan fingerprint density at radius 1 is 1.19 bits per heavy atom. The molecule has 0 aromatic heterocycles. The van der Waals surface area contributed by atoms with Crippen LogP contribution in [0.1, 0.15) is 16.7 Å². The Hall–Kier alpha value is -2.56. The van der Waals surface area contributed by atoms with Crippen LogP contribution in [0.4, 0.5) is 11.4 Å². The zero-order chi connectivity index (χ0) is 15.4. The Morgan fingerprint density at radius 2 is 1.95 bits per heavy atom. The van der Waals surface area contributed by atoms with Crippen LogP contribution >= 0.6 is 0 Å². The Balaban J connectivity index is 2.15. The van der Waals surface area contributed by atoms with Crippen molar-refractivity contribution in [3.8, 4) is 5.75 Å². The van der Waals surface area contributed by atoms with Gasteiger partial charge in [0.1, 0.15) is 5.75 Å². The SMILES string of the molecule is COc1ccc(C)cc1CNc1ccc([N+](=O)[O-])c(C)c1. The average Bonchev–Trinajstić information content (AvgIpc) is 2.45. The van der Waals surface area contributed by atoms with Crippen LogP contribution < -0.4 is 10.1 Å². The lowest BCUT2D eigenvalue weighted by Crippen LogP contribution is -2.03. The van der Waals surface area contributed by atoms with Crippen molar-refractivity contribution < 1.29 is 9.66 Å². The minimum Gasteiger partial charge on any atom is -0.496 e. The van der Waals surface area contributed by atoms with Crippen molar-refractivity contribution in [3.63, 3.8) is 0 Å². The van der Waals surface area contributed by atoms with Crippen LogP contribution in [0.5, 0.6) is 5.75 Å². The van der Waals surface area contributed by atoms with Gasteiger partial charge in [-0.05, 0) is 32.0 Å². The normalized spacial score (nSPS) is 10.2. The summed E-state index contributed by atoms with van der Waals surface area (Å²) in [4.78, 5) is 10.4. The summed E-state index contributed by atoms with van der Waals surface area (Å²) in [6, 6.07) is 11.0. The molecule has 0 spiro atoms. The van der Waals surface area contributed by atoms with E-state index < -0.39 is 0 Å². The maximum absolute atomic E-state index is 10.8. The van der Waals surface area contributed by atoms with Crippen LogP contribution in [0.2, 0.25) is 0 Å². The lowest BCUT2D eigenvalue weighted by molar-refractivity contribution is -0.385. The van der Waals surface area contributed by atoms with Gasteiger partial charge in [0.25, 0.3) is 5.69 Å². The van der Waals surface area contributed by atoms with Crippen molar-refractivity contribution in [2.45, 2.75) is 20.4 Å². The smallest absolute Gasteiger partial charge is 0.272 e. The van der Waals surface area contributed by atoms with Crippen molar-refractivity contribution in [1.29, 1.82) is 0 Å². The second-order valence-electron chi connectivity index (χ2n) is 4.93. The van der Waals surface area contributed by atoms with Crippen LogP contribution in [-0.2, 0) is 6.54 Å². The summed E-state index contributed by atoms with van der Waals surface area (Å²) < 4.78 is 5.33. The Morgan fingerprint density at radius 3 is 2.57 bits per heavy atom. The minimum atomic E-state index is -0.372. The predicted molar refractivity (Wildman–Crippen MR) is 82.9 cm³/mol. The molecule has 0 radical (unpaired) electrons. The molecule has 110 valence electrons. The molecule has 1 N–H and O–H groups in total. The van der Waals surface area contributed by atoms with E-state index in [2.05, 4.69) is 11.4 Å². The molecule has 0 unspecified atom stereocenters. The number of nitrogens with one attached hydrogen (secondary N) is 1. The van der Waals surface area contributed by atoms with Gasteiger partial charge in [-0.25, -0.2) is 0 Å². The number of aryl methyl sites for hydroxylation is 2. The summed E-state index contributed by atoms with van der Waals surface area (Å²) >= 11 is 0. The maximum Gasteiger partial charge on any atom is 0.272 e. The average molecular weight is 286 g/mol. The first-order chi connectivity index (χ1) is 10.0. The molecule has 2 aromatic rings. The Bertz CT molecular complexity index is 669. The van der Waals surface area contributed by atoms with Gasteiger partial charge >= 0.3 is 0 Å². The third-order valence-electron chi connectivity index (χ3n) is 3.31. The predicted octanol–water partition coefficient (Wildman–Crippen LogP) is 3.83. The molecular weight excluding hydrogens is 268 g/mol. The number of hydrogen-bond acceptors (Lipinski definition) is 4.